The molecule has 1 fully saturated rings. The third kappa shape index (κ3) is 3.96. The zero-order chi connectivity index (χ0) is 21.8. The van der Waals surface area contributed by atoms with Crippen LogP contribution in [0.3, 0.4) is 0 Å². The van der Waals surface area contributed by atoms with Gasteiger partial charge in [0.15, 0.2) is 11.5 Å². The van der Waals surface area contributed by atoms with Crippen LogP contribution in [-0.2, 0) is 16.0 Å². The molecule has 0 spiro atoms. The van der Waals surface area contributed by atoms with Gasteiger partial charge in [-0.25, -0.2) is 9.69 Å². The predicted octanol–water partition coefficient (Wildman–Crippen LogP) is 3.49. The third-order valence-electron chi connectivity index (χ3n) is 4.61. The van der Waals surface area contributed by atoms with Gasteiger partial charge in [0.1, 0.15) is 5.57 Å². The first-order chi connectivity index (χ1) is 14.4. The molecule has 30 heavy (non-hydrogen) atoms. The second-order valence-corrected chi connectivity index (χ2v) is 6.70. The van der Waals surface area contributed by atoms with Crippen molar-refractivity contribution in [3.05, 3.63) is 71.3 Å². The van der Waals surface area contributed by atoms with Crippen molar-refractivity contribution in [3.63, 3.8) is 0 Å². The summed E-state index contributed by atoms with van der Waals surface area (Å²) >= 11 is 0. The van der Waals surface area contributed by atoms with Crippen LogP contribution in [0.25, 0.3) is 6.08 Å². The second-order valence-electron chi connectivity index (χ2n) is 6.70. The Morgan fingerprint density at radius 1 is 1.20 bits per heavy atom. The van der Waals surface area contributed by atoms with Crippen LogP contribution in [0.15, 0.2) is 54.6 Å². The van der Waals surface area contributed by atoms with Crippen LogP contribution < -0.4 is 15.0 Å². The Kier molecular flexibility index (Phi) is 6.01. The first kappa shape index (κ1) is 20.9. The van der Waals surface area contributed by atoms with Crippen LogP contribution in [0.1, 0.15) is 23.6 Å². The molecule has 2 aromatic carbocycles. The number of carbonyl (C=O) groups is 3. The molecule has 0 atom stereocenters. The SMILES string of the molecule is C=CCc1cc(C=C2C(=O)NC(=O)N(c3ccccc3C)C2=O)cc(OCC)c1O. The van der Waals surface area contributed by atoms with Crippen molar-refractivity contribution >= 4 is 29.6 Å². The molecule has 7 nitrogen and oxygen atoms in total. The molecule has 1 aliphatic heterocycles. The Balaban J connectivity index is 2.08. The molecule has 1 heterocycles. The number of hydrogen-bond donors (Lipinski definition) is 2. The number of amides is 4. The number of rotatable bonds is 6. The van der Waals surface area contributed by atoms with Crippen molar-refractivity contribution in [1.82, 2.24) is 5.32 Å². The van der Waals surface area contributed by atoms with Gasteiger partial charge in [-0.2, -0.15) is 0 Å². The van der Waals surface area contributed by atoms with E-state index in [2.05, 4.69) is 11.9 Å². The molecule has 0 bridgehead atoms. The molecule has 0 aliphatic carbocycles. The molecule has 0 saturated carbocycles. The predicted molar refractivity (Wildman–Crippen MR) is 113 cm³/mol. The first-order valence-corrected chi connectivity index (χ1v) is 9.44. The fraction of sp³-hybridized carbons (Fsp3) is 0.174. The Morgan fingerprint density at radius 2 is 1.93 bits per heavy atom. The minimum atomic E-state index is -0.801. The highest BCUT2D eigenvalue weighted by Gasteiger charge is 2.37. The van der Waals surface area contributed by atoms with Crippen LogP contribution in [0, 0.1) is 6.92 Å². The smallest absolute Gasteiger partial charge is 0.335 e. The van der Waals surface area contributed by atoms with E-state index in [-0.39, 0.29) is 17.1 Å². The Hall–Kier alpha value is -3.87. The van der Waals surface area contributed by atoms with Crippen LogP contribution in [-0.4, -0.2) is 29.6 Å². The fourth-order valence-corrected chi connectivity index (χ4v) is 3.21. The van der Waals surface area contributed by atoms with Gasteiger partial charge < -0.3 is 9.84 Å². The van der Waals surface area contributed by atoms with E-state index in [9.17, 15) is 19.5 Å². The summed E-state index contributed by atoms with van der Waals surface area (Å²) in [5.74, 6) is -1.30. The Labute approximate surface area is 174 Å². The normalized spacial score (nSPS) is 15.3. The van der Waals surface area contributed by atoms with E-state index in [4.69, 9.17) is 4.74 Å². The summed E-state index contributed by atoms with van der Waals surface area (Å²) in [5.41, 5.74) is 1.93. The van der Waals surface area contributed by atoms with Gasteiger partial charge in [0.05, 0.1) is 12.3 Å². The minimum absolute atomic E-state index is 0.0185. The maximum Gasteiger partial charge on any atom is 0.335 e. The topological polar surface area (TPSA) is 95.9 Å². The summed E-state index contributed by atoms with van der Waals surface area (Å²) in [6, 6.07) is 9.28. The number of ether oxygens (including phenoxy) is 1. The number of hydrogen-bond acceptors (Lipinski definition) is 5. The number of anilines is 1. The summed E-state index contributed by atoms with van der Waals surface area (Å²) < 4.78 is 5.47. The molecule has 7 heteroatoms. The molecular weight excluding hydrogens is 384 g/mol. The fourth-order valence-electron chi connectivity index (χ4n) is 3.21. The average Bonchev–Trinajstić information content (AvgIpc) is 2.70. The molecule has 2 N–H and O–H groups in total. The van der Waals surface area contributed by atoms with Gasteiger partial charge in [-0.3, -0.25) is 14.9 Å². The molecule has 0 unspecified atom stereocenters. The summed E-state index contributed by atoms with van der Waals surface area (Å²) in [6.45, 7) is 7.55. The lowest BCUT2D eigenvalue weighted by Gasteiger charge is -2.27. The lowest BCUT2D eigenvalue weighted by molar-refractivity contribution is -0.122. The van der Waals surface area contributed by atoms with Crippen molar-refractivity contribution in [3.8, 4) is 11.5 Å². The minimum Gasteiger partial charge on any atom is -0.504 e. The third-order valence-corrected chi connectivity index (χ3v) is 4.61. The lowest BCUT2D eigenvalue weighted by atomic mass is 10.0. The van der Waals surface area contributed by atoms with Crippen molar-refractivity contribution < 1.29 is 24.2 Å². The number of barbiturate groups is 1. The number of phenolic OH excluding ortho intramolecular Hbond substituents is 1. The van der Waals surface area contributed by atoms with E-state index < -0.39 is 17.8 Å². The molecule has 3 rings (SSSR count). The summed E-state index contributed by atoms with van der Waals surface area (Å²) in [5, 5.41) is 12.6. The number of nitrogens with one attached hydrogen (secondary N) is 1. The number of phenols is 1. The highest BCUT2D eigenvalue weighted by atomic mass is 16.5. The van der Waals surface area contributed by atoms with Gasteiger partial charge in [-0.15, -0.1) is 6.58 Å². The van der Waals surface area contributed by atoms with Crippen molar-refractivity contribution in [1.29, 1.82) is 0 Å². The molecular formula is C23H22N2O5. The summed E-state index contributed by atoms with van der Waals surface area (Å²) in [4.78, 5) is 38.8. The summed E-state index contributed by atoms with van der Waals surface area (Å²) in [6.07, 6.45) is 3.37. The highest BCUT2D eigenvalue weighted by molar-refractivity contribution is 6.39. The standard InChI is InChI=1S/C23H22N2O5/c1-4-8-16-11-15(13-19(20(16)26)30-5-2)12-17-21(27)24-23(29)25(22(17)28)18-10-7-6-9-14(18)3/h4,6-7,9-13,26H,1,5,8H2,2-3H3,(H,24,27,29). The number of aryl methyl sites for hydroxylation is 1. The van der Waals surface area contributed by atoms with E-state index in [1.807, 2.05) is 0 Å². The zero-order valence-corrected chi connectivity index (χ0v) is 16.8. The summed E-state index contributed by atoms with van der Waals surface area (Å²) in [7, 11) is 0. The van der Waals surface area contributed by atoms with E-state index >= 15 is 0 Å². The van der Waals surface area contributed by atoms with E-state index in [0.717, 1.165) is 4.90 Å². The van der Waals surface area contributed by atoms with Gasteiger partial charge in [0.2, 0.25) is 0 Å². The Morgan fingerprint density at radius 3 is 2.60 bits per heavy atom. The largest absolute Gasteiger partial charge is 0.504 e. The van der Waals surface area contributed by atoms with E-state index in [1.165, 1.54) is 12.1 Å². The first-order valence-electron chi connectivity index (χ1n) is 9.44. The molecule has 154 valence electrons. The Bertz CT molecular complexity index is 1070. The van der Waals surface area contributed by atoms with Crippen LogP contribution in [0.2, 0.25) is 0 Å². The van der Waals surface area contributed by atoms with Gasteiger partial charge in [-0.1, -0.05) is 24.3 Å². The number of allylic oxidation sites excluding steroid dienone is 1. The number of aromatic hydroxyl groups is 1. The van der Waals surface area contributed by atoms with Crippen molar-refractivity contribution in [2.75, 3.05) is 11.5 Å². The molecule has 0 aromatic heterocycles. The number of urea groups is 1. The van der Waals surface area contributed by atoms with E-state index in [1.54, 1.807) is 50.3 Å². The van der Waals surface area contributed by atoms with Gasteiger partial charge in [0, 0.05) is 5.56 Å². The molecule has 2 aromatic rings. The molecule has 4 amide bonds. The van der Waals surface area contributed by atoms with Crippen LogP contribution in [0.5, 0.6) is 11.5 Å². The second kappa shape index (κ2) is 8.65. The van der Waals surface area contributed by atoms with Crippen molar-refractivity contribution in [2.45, 2.75) is 20.3 Å². The lowest BCUT2D eigenvalue weighted by Crippen LogP contribution is -2.54. The van der Waals surface area contributed by atoms with Crippen LogP contribution in [0.4, 0.5) is 10.5 Å². The molecule has 1 aliphatic rings. The van der Waals surface area contributed by atoms with E-state index in [0.29, 0.717) is 35.4 Å². The number of nitrogens with zero attached hydrogens (tertiary/aromatic N) is 1. The molecule has 0 radical (unpaired) electrons. The number of benzene rings is 2. The maximum atomic E-state index is 13.1. The number of para-hydroxylation sites is 1. The average molecular weight is 406 g/mol. The quantitative estimate of drug-likeness (QED) is 0.435. The van der Waals surface area contributed by atoms with Gasteiger partial charge in [-0.05, 0) is 55.7 Å². The van der Waals surface area contributed by atoms with Crippen LogP contribution >= 0.6 is 0 Å². The van der Waals surface area contributed by atoms with Gasteiger partial charge >= 0.3 is 6.03 Å². The van der Waals surface area contributed by atoms with Gasteiger partial charge in [0.25, 0.3) is 11.8 Å². The maximum absolute atomic E-state index is 13.1. The zero-order valence-electron chi connectivity index (χ0n) is 16.8. The highest BCUT2D eigenvalue weighted by Crippen LogP contribution is 2.34. The number of carbonyl (C=O) groups excluding carboxylic acids is 3. The molecule has 1 saturated heterocycles. The van der Waals surface area contributed by atoms with Crippen molar-refractivity contribution in [2.24, 2.45) is 0 Å². The number of imide groups is 2. The monoisotopic (exact) mass is 406 g/mol.